The van der Waals surface area contributed by atoms with E-state index in [2.05, 4.69) is 55.5 Å². The fraction of sp³-hybridized carbons (Fsp3) is 0.0769. The molecule has 0 nitrogen and oxygen atoms in total. The van der Waals surface area contributed by atoms with Crippen LogP contribution in [0.15, 0.2) is 48.5 Å². The van der Waals surface area contributed by atoms with Gasteiger partial charge in [0.15, 0.2) is 0 Å². The van der Waals surface area contributed by atoms with Crippen LogP contribution in [0.5, 0.6) is 0 Å². The minimum absolute atomic E-state index is 0.735. The summed E-state index contributed by atoms with van der Waals surface area (Å²) in [6.45, 7) is 2.19. The SMILES string of the molecule is Cc1c[c]([Hg])ccc1-c1ccccc1. The molecule has 0 N–H and O–H groups in total. The molecular formula is C13H11Hg. The third-order valence-corrected chi connectivity index (χ3v) is 4.09. The Hall–Kier alpha value is -0.625. The van der Waals surface area contributed by atoms with Crippen LogP contribution in [-0.2, 0) is 26.1 Å². The summed E-state index contributed by atoms with van der Waals surface area (Å²) >= 11 is 0.735. The maximum atomic E-state index is 2.31. The molecule has 0 fully saturated rings. The summed E-state index contributed by atoms with van der Waals surface area (Å²) in [6.07, 6.45) is 0. The van der Waals surface area contributed by atoms with E-state index in [4.69, 9.17) is 0 Å². The third-order valence-electron chi connectivity index (χ3n) is 2.38. The van der Waals surface area contributed by atoms with Crippen molar-refractivity contribution in [1.29, 1.82) is 0 Å². The molecule has 0 atom stereocenters. The first-order chi connectivity index (χ1) is 6.77. The molecule has 0 heterocycles. The molecule has 1 heteroatoms. The van der Waals surface area contributed by atoms with Gasteiger partial charge in [-0.05, 0) is 0 Å². The van der Waals surface area contributed by atoms with Crippen LogP contribution in [0.3, 0.4) is 0 Å². The van der Waals surface area contributed by atoms with E-state index >= 15 is 0 Å². The summed E-state index contributed by atoms with van der Waals surface area (Å²) in [7, 11) is 0. The van der Waals surface area contributed by atoms with Crippen LogP contribution in [0.25, 0.3) is 11.1 Å². The Morgan fingerprint density at radius 1 is 0.929 bits per heavy atom. The van der Waals surface area contributed by atoms with Crippen molar-refractivity contribution in [2.24, 2.45) is 0 Å². The van der Waals surface area contributed by atoms with Crippen molar-refractivity contribution in [3.8, 4) is 11.1 Å². The van der Waals surface area contributed by atoms with E-state index in [1.54, 1.807) is 0 Å². The first-order valence-electron chi connectivity index (χ1n) is 4.75. The Kier molecular flexibility index (Phi) is 3.02. The number of hydrogen-bond acceptors (Lipinski definition) is 0. The minimum atomic E-state index is 0.735. The van der Waals surface area contributed by atoms with E-state index in [-0.39, 0.29) is 0 Å². The van der Waals surface area contributed by atoms with Gasteiger partial charge in [-0.25, -0.2) is 0 Å². The average molecular weight is 368 g/mol. The van der Waals surface area contributed by atoms with E-state index < -0.39 is 0 Å². The Balaban J connectivity index is 2.53. The molecule has 2 aromatic rings. The zero-order chi connectivity index (χ0) is 9.97. The van der Waals surface area contributed by atoms with Gasteiger partial charge in [0.2, 0.25) is 0 Å². The van der Waals surface area contributed by atoms with Crippen LogP contribution in [0.4, 0.5) is 0 Å². The molecule has 14 heavy (non-hydrogen) atoms. The first-order valence-corrected chi connectivity index (χ1v) is 7.50. The number of aryl methyl sites for hydroxylation is 1. The van der Waals surface area contributed by atoms with Gasteiger partial charge in [0.1, 0.15) is 0 Å². The van der Waals surface area contributed by atoms with Crippen molar-refractivity contribution in [2.45, 2.75) is 6.92 Å². The van der Waals surface area contributed by atoms with Crippen LogP contribution < -0.4 is 3.07 Å². The van der Waals surface area contributed by atoms with Crippen molar-refractivity contribution in [3.05, 3.63) is 54.1 Å². The van der Waals surface area contributed by atoms with Gasteiger partial charge in [0, 0.05) is 0 Å². The topological polar surface area (TPSA) is 0 Å². The van der Waals surface area contributed by atoms with Crippen LogP contribution >= 0.6 is 0 Å². The number of benzene rings is 2. The van der Waals surface area contributed by atoms with E-state index in [0.29, 0.717) is 0 Å². The molecular weight excluding hydrogens is 357 g/mol. The molecule has 0 spiro atoms. The molecule has 0 aliphatic carbocycles. The molecule has 0 aliphatic rings. The van der Waals surface area contributed by atoms with E-state index in [1.165, 1.54) is 19.8 Å². The van der Waals surface area contributed by atoms with Crippen molar-refractivity contribution in [3.63, 3.8) is 0 Å². The Morgan fingerprint density at radius 3 is 2.29 bits per heavy atom. The van der Waals surface area contributed by atoms with Gasteiger partial charge >= 0.3 is 101 Å². The van der Waals surface area contributed by atoms with Gasteiger partial charge in [0.25, 0.3) is 0 Å². The molecule has 2 aromatic carbocycles. The van der Waals surface area contributed by atoms with Crippen molar-refractivity contribution in [2.75, 3.05) is 0 Å². The molecule has 0 saturated carbocycles. The van der Waals surface area contributed by atoms with Crippen molar-refractivity contribution >= 4 is 3.07 Å². The zero-order valence-electron chi connectivity index (χ0n) is 8.33. The van der Waals surface area contributed by atoms with Gasteiger partial charge in [-0.15, -0.1) is 0 Å². The summed E-state index contributed by atoms with van der Waals surface area (Å²) < 4.78 is 1.52. The second-order valence-corrected chi connectivity index (χ2v) is 6.69. The molecule has 0 unspecified atom stereocenters. The van der Waals surface area contributed by atoms with Gasteiger partial charge in [-0.2, -0.15) is 0 Å². The maximum absolute atomic E-state index is 2.31. The predicted octanol–water partition coefficient (Wildman–Crippen LogP) is 2.83. The first kappa shape index (κ1) is 9.91. The second kappa shape index (κ2) is 4.27. The van der Waals surface area contributed by atoms with E-state index in [1.807, 2.05) is 0 Å². The van der Waals surface area contributed by atoms with Gasteiger partial charge in [0.05, 0.1) is 0 Å². The van der Waals surface area contributed by atoms with Gasteiger partial charge in [-0.1, -0.05) is 0 Å². The number of rotatable bonds is 1. The monoisotopic (exact) mass is 369 g/mol. The summed E-state index contributed by atoms with van der Waals surface area (Å²) in [5.74, 6) is 0. The molecule has 0 aromatic heterocycles. The van der Waals surface area contributed by atoms with Crippen LogP contribution in [0.2, 0.25) is 0 Å². The Labute approximate surface area is 101 Å². The van der Waals surface area contributed by atoms with Crippen molar-refractivity contribution < 1.29 is 26.1 Å². The summed E-state index contributed by atoms with van der Waals surface area (Å²) in [6, 6.07) is 17.4. The van der Waals surface area contributed by atoms with Gasteiger partial charge < -0.3 is 0 Å². The molecule has 2 rings (SSSR count). The summed E-state index contributed by atoms with van der Waals surface area (Å²) in [4.78, 5) is 0. The van der Waals surface area contributed by atoms with Crippen LogP contribution in [-0.4, -0.2) is 0 Å². The molecule has 0 saturated heterocycles. The molecule has 0 amide bonds. The molecule has 0 aliphatic heterocycles. The van der Waals surface area contributed by atoms with Crippen LogP contribution in [0, 0.1) is 6.92 Å². The molecule has 0 radical (unpaired) electrons. The fourth-order valence-electron chi connectivity index (χ4n) is 1.67. The fourth-order valence-corrected chi connectivity index (χ4v) is 3.32. The van der Waals surface area contributed by atoms with Crippen LogP contribution in [0.1, 0.15) is 5.56 Å². The standard InChI is InChI=1S/C13H11.Hg/c1-11-7-5-6-10-13(11)12-8-3-2-4-9-12;/h2-4,6-10H,1H3;. The van der Waals surface area contributed by atoms with Gasteiger partial charge in [-0.3, -0.25) is 0 Å². The quantitative estimate of drug-likeness (QED) is 0.680. The van der Waals surface area contributed by atoms with Crippen molar-refractivity contribution in [1.82, 2.24) is 0 Å². The third kappa shape index (κ3) is 2.06. The Bertz CT molecular complexity index is 432. The molecule has 65 valence electrons. The summed E-state index contributed by atoms with van der Waals surface area (Å²) in [5, 5.41) is 0. The average Bonchev–Trinajstić information content (AvgIpc) is 2.19. The Morgan fingerprint density at radius 2 is 1.64 bits per heavy atom. The predicted molar refractivity (Wildman–Crippen MR) is 56.2 cm³/mol. The normalized spacial score (nSPS) is 10.2. The zero-order valence-corrected chi connectivity index (χ0v) is 13.8. The summed E-state index contributed by atoms with van der Waals surface area (Å²) in [5.41, 5.74) is 4.07. The second-order valence-electron chi connectivity index (χ2n) is 3.52. The van der Waals surface area contributed by atoms with E-state index in [9.17, 15) is 0 Å². The molecule has 0 bridgehead atoms. The number of hydrogen-bond donors (Lipinski definition) is 0. The van der Waals surface area contributed by atoms with E-state index in [0.717, 1.165) is 26.1 Å².